The van der Waals surface area contributed by atoms with E-state index < -0.39 is 12.0 Å². The highest BCUT2D eigenvalue weighted by atomic mass is 35.5. The molecule has 2 aromatic rings. The zero-order valence-electron chi connectivity index (χ0n) is 10.2. The molecule has 0 spiro atoms. The average molecular weight is 276 g/mol. The molecule has 3 nitrogen and oxygen atoms in total. The summed E-state index contributed by atoms with van der Waals surface area (Å²) in [5.74, 6) is -0.416. The largest absolute Gasteiger partial charge is 0.378 e. The summed E-state index contributed by atoms with van der Waals surface area (Å²) in [4.78, 5) is 11.8. The van der Waals surface area contributed by atoms with Gasteiger partial charge in [0.15, 0.2) is 6.10 Å². The lowest BCUT2D eigenvalue weighted by molar-refractivity contribution is -0.129. The molecule has 0 radical (unpaired) electrons. The second-order valence-electron chi connectivity index (χ2n) is 4.16. The van der Waals surface area contributed by atoms with Crippen molar-refractivity contribution >= 4 is 17.5 Å². The van der Waals surface area contributed by atoms with Crippen molar-refractivity contribution in [2.75, 3.05) is 0 Å². The zero-order valence-corrected chi connectivity index (χ0v) is 11.0. The van der Waals surface area contributed by atoms with Gasteiger partial charge in [-0.3, -0.25) is 4.79 Å². The van der Waals surface area contributed by atoms with Gasteiger partial charge in [-0.25, -0.2) is 0 Å². The summed E-state index contributed by atoms with van der Waals surface area (Å²) in [6.45, 7) is 0.361. The maximum Gasteiger partial charge on any atom is 0.253 e. The second kappa shape index (κ2) is 6.36. The van der Waals surface area contributed by atoms with Crippen molar-refractivity contribution in [1.82, 2.24) is 5.32 Å². The quantitative estimate of drug-likeness (QED) is 0.901. The lowest BCUT2D eigenvalue weighted by atomic mass is 10.1. The van der Waals surface area contributed by atoms with Crippen LogP contribution >= 0.6 is 11.6 Å². The summed E-state index contributed by atoms with van der Waals surface area (Å²) >= 11 is 5.78. The van der Waals surface area contributed by atoms with Crippen molar-refractivity contribution < 1.29 is 9.90 Å². The molecule has 0 heterocycles. The zero-order chi connectivity index (χ0) is 13.7. The summed E-state index contributed by atoms with van der Waals surface area (Å²) in [5.41, 5.74) is 1.51. The van der Waals surface area contributed by atoms with Crippen molar-refractivity contribution in [1.29, 1.82) is 0 Å². The van der Waals surface area contributed by atoms with E-state index in [1.165, 1.54) is 0 Å². The van der Waals surface area contributed by atoms with Gasteiger partial charge in [0.05, 0.1) is 0 Å². The fourth-order valence-electron chi connectivity index (χ4n) is 1.67. The number of benzene rings is 2. The lowest BCUT2D eigenvalue weighted by Crippen LogP contribution is -2.28. The molecule has 0 bridgehead atoms. The first kappa shape index (κ1) is 13.6. The summed E-state index contributed by atoms with van der Waals surface area (Å²) in [5, 5.41) is 13.2. The molecule has 0 fully saturated rings. The molecule has 0 saturated heterocycles. The molecule has 19 heavy (non-hydrogen) atoms. The Morgan fingerprint density at radius 3 is 2.37 bits per heavy atom. The van der Waals surface area contributed by atoms with Gasteiger partial charge in [-0.1, -0.05) is 54.1 Å². The number of hydrogen-bond donors (Lipinski definition) is 2. The third-order valence-electron chi connectivity index (χ3n) is 2.74. The topological polar surface area (TPSA) is 49.3 Å². The van der Waals surface area contributed by atoms with E-state index in [1.807, 2.05) is 18.2 Å². The highest BCUT2D eigenvalue weighted by molar-refractivity contribution is 6.30. The minimum atomic E-state index is -1.14. The van der Waals surface area contributed by atoms with Crippen molar-refractivity contribution in [3.8, 4) is 0 Å². The SMILES string of the molecule is O=C(NCc1ccc(Cl)cc1)C(O)c1ccccc1. The number of amides is 1. The van der Waals surface area contributed by atoms with Gasteiger partial charge in [0, 0.05) is 11.6 Å². The van der Waals surface area contributed by atoms with E-state index in [0.717, 1.165) is 5.56 Å². The molecule has 0 aliphatic heterocycles. The Bertz CT molecular complexity index is 540. The first-order chi connectivity index (χ1) is 9.16. The molecule has 2 aromatic carbocycles. The van der Waals surface area contributed by atoms with Crippen molar-refractivity contribution in [3.05, 3.63) is 70.7 Å². The number of carbonyl (C=O) groups excluding carboxylic acids is 1. The minimum Gasteiger partial charge on any atom is -0.378 e. The Labute approximate surface area is 116 Å². The van der Waals surface area contributed by atoms with E-state index in [4.69, 9.17) is 11.6 Å². The molecule has 4 heteroatoms. The predicted octanol–water partition coefficient (Wildman–Crippen LogP) is 2.69. The monoisotopic (exact) mass is 275 g/mol. The molecule has 98 valence electrons. The number of hydrogen-bond acceptors (Lipinski definition) is 2. The maximum atomic E-state index is 11.8. The van der Waals surface area contributed by atoms with Gasteiger partial charge >= 0.3 is 0 Å². The highest BCUT2D eigenvalue weighted by Gasteiger charge is 2.16. The molecule has 1 atom stereocenters. The van der Waals surface area contributed by atoms with E-state index in [-0.39, 0.29) is 0 Å². The summed E-state index contributed by atoms with van der Waals surface area (Å²) in [7, 11) is 0. The van der Waals surface area contributed by atoms with E-state index in [9.17, 15) is 9.90 Å². The number of halogens is 1. The van der Waals surface area contributed by atoms with Crippen molar-refractivity contribution in [3.63, 3.8) is 0 Å². The van der Waals surface area contributed by atoms with Gasteiger partial charge in [-0.2, -0.15) is 0 Å². The Hall–Kier alpha value is -1.84. The van der Waals surface area contributed by atoms with Crippen LogP contribution in [-0.4, -0.2) is 11.0 Å². The van der Waals surface area contributed by atoms with E-state index >= 15 is 0 Å². The van der Waals surface area contributed by atoms with Crippen LogP contribution in [0.5, 0.6) is 0 Å². The Balaban J connectivity index is 1.93. The molecule has 0 saturated carbocycles. The number of rotatable bonds is 4. The van der Waals surface area contributed by atoms with Crippen LogP contribution < -0.4 is 5.32 Å². The Morgan fingerprint density at radius 2 is 1.74 bits per heavy atom. The normalized spacial score (nSPS) is 11.9. The fourth-order valence-corrected chi connectivity index (χ4v) is 1.80. The van der Waals surface area contributed by atoms with Crippen LogP contribution in [0.15, 0.2) is 54.6 Å². The highest BCUT2D eigenvalue weighted by Crippen LogP contribution is 2.13. The molecular weight excluding hydrogens is 262 g/mol. The smallest absolute Gasteiger partial charge is 0.253 e. The summed E-state index contributed by atoms with van der Waals surface area (Å²) in [6, 6.07) is 16.0. The van der Waals surface area contributed by atoms with Crippen LogP contribution in [0.2, 0.25) is 5.02 Å². The Kier molecular flexibility index (Phi) is 4.55. The first-order valence-electron chi connectivity index (χ1n) is 5.92. The number of nitrogens with one attached hydrogen (secondary N) is 1. The van der Waals surface area contributed by atoms with Crippen LogP contribution in [0.3, 0.4) is 0 Å². The predicted molar refractivity (Wildman–Crippen MR) is 74.7 cm³/mol. The van der Waals surface area contributed by atoms with Crippen LogP contribution in [-0.2, 0) is 11.3 Å². The van der Waals surface area contributed by atoms with Gasteiger partial charge in [0.25, 0.3) is 5.91 Å². The minimum absolute atomic E-state index is 0.361. The number of carbonyl (C=O) groups is 1. The first-order valence-corrected chi connectivity index (χ1v) is 6.30. The standard InChI is InChI=1S/C15H14ClNO2/c16-13-8-6-11(7-9-13)10-17-15(19)14(18)12-4-2-1-3-5-12/h1-9,14,18H,10H2,(H,17,19). The number of aliphatic hydroxyl groups excluding tert-OH is 1. The average Bonchev–Trinajstić information content (AvgIpc) is 2.46. The van der Waals surface area contributed by atoms with Crippen molar-refractivity contribution in [2.24, 2.45) is 0 Å². The van der Waals surface area contributed by atoms with Crippen LogP contribution in [0.4, 0.5) is 0 Å². The summed E-state index contributed by atoms with van der Waals surface area (Å²) < 4.78 is 0. The van der Waals surface area contributed by atoms with E-state index in [2.05, 4.69) is 5.32 Å². The third kappa shape index (κ3) is 3.81. The molecular formula is C15H14ClNO2. The Morgan fingerprint density at radius 1 is 1.11 bits per heavy atom. The maximum absolute atomic E-state index is 11.8. The second-order valence-corrected chi connectivity index (χ2v) is 4.59. The van der Waals surface area contributed by atoms with Gasteiger partial charge in [-0.15, -0.1) is 0 Å². The van der Waals surface area contributed by atoms with Crippen LogP contribution in [0.25, 0.3) is 0 Å². The van der Waals surface area contributed by atoms with E-state index in [1.54, 1.807) is 36.4 Å². The molecule has 0 aromatic heterocycles. The molecule has 0 aliphatic rings. The fraction of sp³-hybridized carbons (Fsp3) is 0.133. The lowest BCUT2D eigenvalue weighted by Gasteiger charge is -2.11. The molecule has 1 amide bonds. The third-order valence-corrected chi connectivity index (χ3v) is 3.00. The van der Waals surface area contributed by atoms with Gasteiger partial charge < -0.3 is 10.4 Å². The van der Waals surface area contributed by atoms with Gasteiger partial charge in [0.2, 0.25) is 0 Å². The van der Waals surface area contributed by atoms with Crippen LogP contribution in [0.1, 0.15) is 17.2 Å². The van der Waals surface area contributed by atoms with E-state index in [0.29, 0.717) is 17.1 Å². The van der Waals surface area contributed by atoms with Crippen molar-refractivity contribution in [2.45, 2.75) is 12.6 Å². The molecule has 2 N–H and O–H groups in total. The summed E-state index contributed by atoms with van der Waals surface area (Å²) in [6.07, 6.45) is -1.14. The molecule has 2 rings (SSSR count). The number of aliphatic hydroxyl groups is 1. The molecule has 0 aliphatic carbocycles. The van der Waals surface area contributed by atoms with Crippen LogP contribution in [0, 0.1) is 0 Å². The van der Waals surface area contributed by atoms with Gasteiger partial charge in [0.1, 0.15) is 0 Å². The molecule has 1 unspecified atom stereocenters. The van der Waals surface area contributed by atoms with Gasteiger partial charge in [-0.05, 0) is 23.3 Å².